The number of hydrogen-bond donors (Lipinski definition) is 0. The minimum atomic E-state index is 0.136. The summed E-state index contributed by atoms with van der Waals surface area (Å²) in [5.74, 6) is 0.618. The van der Waals surface area contributed by atoms with E-state index in [2.05, 4.69) is 18.8 Å². The van der Waals surface area contributed by atoms with E-state index in [9.17, 15) is 4.79 Å². The molecule has 2 rings (SSSR count). The monoisotopic (exact) mass is 259 g/mol. The van der Waals surface area contributed by atoms with Crippen LogP contribution in [-0.4, -0.2) is 10.8 Å². The second-order valence-electron chi connectivity index (χ2n) is 4.45. The van der Waals surface area contributed by atoms with Crippen molar-refractivity contribution in [3.63, 3.8) is 0 Å². The standard InChI is InChI=1S/C15H17NOS/c1-3-11(2)15-16-13(10-18-15)9-14(17)12-7-5-4-6-8-12/h4-8,10-11H,3,9H2,1-2H3. The average molecular weight is 259 g/mol. The summed E-state index contributed by atoms with van der Waals surface area (Å²) < 4.78 is 0. The zero-order chi connectivity index (χ0) is 13.0. The summed E-state index contributed by atoms with van der Waals surface area (Å²) in [4.78, 5) is 16.6. The molecule has 3 heteroatoms. The zero-order valence-electron chi connectivity index (χ0n) is 10.7. The maximum absolute atomic E-state index is 12.0. The van der Waals surface area contributed by atoms with Crippen LogP contribution in [0.5, 0.6) is 0 Å². The van der Waals surface area contributed by atoms with Gasteiger partial charge in [0.15, 0.2) is 5.78 Å². The van der Waals surface area contributed by atoms with Gasteiger partial charge < -0.3 is 0 Å². The SMILES string of the molecule is CCC(C)c1nc(CC(=O)c2ccccc2)cs1. The van der Waals surface area contributed by atoms with Crippen LogP contribution in [-0.2, 0) is 6.42 Å². The Kier molecular flexibility index (Phi) is 4.26. The molecule has 0 N–H and O–H groups in total. The molecule has 1 unspecified atom stereocenters. The molecule has 0 fully saturated rings. The Balaban J connectivity index is 2.06. The Morgan fingerprint density at radius 1 is 1.33 bits per heavy atom. The van der Waals surface area contributed by atoms with E-state index in [4.69, 9.17) is 0 Å². The first kappa shape index (κ1) is 13.0. The summed E-state index contributed by atoms with van der Waals surface area (Å²) in [5, 5.41) is 3.14. The normalized spacial score (nSPS) is 12.3. The first-order valence-corrected chi connectivity index (χ1v) is 7.11. The molecule has 18 heavy (non-hydrogen) atoms. The third-order valence-corrected chi connectivity index (χ3v) is 4.17. The molecule has 0 aliphatic rings. The van der Waals surface area contributed by atoms with Crippen molar-refractivity contribution in [2.45, 2.75) is 32.6 Å². The highest BCUT2D eigenvalue weighted by atomic mass is 32.1. The van der Waals surface area contributed by atoms with Crippen LogP contribution in [0.3, 0.4) is 0 Å². The molecule has 0 saturated heterocycles. The van der Waals surface area contributed by atoms with Crippen LogP contribution in [0.15, 0.2) is 35.7 Å². The summed E-state index contributed by atoms with van der Waals surface area (Å²) in [6.45, 7) is 4.32. The molecule has 2 nitrogen and oxygen atoms in total. The van der Waals surface area contributed by atoms with Gasteiger partial charge in [-0.15, -0.1) is 11.3 Å². The van der Waals surface area contributed by atoms with Crippen molar-refractivity contribution >= 4 is 17.1 Å². The third kappa shape index (κ3) is 3.05. The summed E-state index contributed by atoms with van der Waals surface area (Å²) in [6, 6.07) is 9.40. The van der Waals surface area contributed by atoms with E-state index in [-0.39, 0.29) is 5.78 Å². The molecule has 2 aromatic rings. The van der Waals surface area contributed by atoms with Crippen molar-refractivity contribution in [3.05, 3.63) is 52.0 Å². The molecule has 1 aromatic carbocycles. The van der Waals surface area contributed by atoms with Crippen molar-refractivity contribution in [2.24, 2.45) is 0 Å². The average Bonchev–Trinajstić information content (AvgIpc) is 2.87. The fourth-order valence-electron chi connectivity index (χ4n) is 1.70. The van der Waals surface area contributed by atoms with Gasteiger partial charge in [0, 0.05) is 16.9 Å². The second kappa shape index (κ2) is 5.91. The third-order valence-electron chi connectivity index (χ3n) is 3.04. The number of rotatable bonds is 5. The predicted octanol–water partition coefficient (Wildman–Crippen LogP) is 4.08. The second-order valence-corrected chi connectivity index (χ2v) is 5.34. The lowest BCUT2D eigenvalue weighted by Crippen LogP contribution is -2.03. The molecule has 0 saturated carbocycles. The summed E-state index contributed by atoms with van der Waals surface area (Å²) >= 11 is 1.66. The van der Waals surface area contributed by atoms with Gasteiger partial charge in [0.05, 0.1) is 17.1 Å². The highest BCUT2D eigenvalue weighted by Crippen LogP contribution is 2.23. The van der Waals surface area contributed by atoms with Gasteiger partial charge >= 0.3 is 0 Å². The van der Waals surface area contributed by atoms with Crippen molar-refractivity contribution in [2.75, 3.05) is 0 Å². The minimum absolute atomic E-state index is 0.136. The van der Waals surface area contributed by atoms with E-state index in [1.54, 1.807) is 11.3 Å². The van der Waals surface area contributed by atoms with Gasteiger partial charge in [-0.3, -0.25) is 4.79 Å². The van der Waals surface area contributed by atoms with Crippen molar-refractivity contribution < 1.29 is 4.79 Å². The van der Waals surface area contributed by atoms with Gasteiger partial charge in [0.1, 0.15) is 0 Å². The Morgan fingerprint density at radius 3 is 2.72 bits per heavy atom. The minimum Gasteiger partial charge on any atom is -0.294 e. The molecular formula is C15H17NOS. The van der Waals surface area contributed by atoms with Crippen LogP contribution in [0.4, 0.5) is 0 Å². The maximum atomic E-state index is 12.0. The molecular weight excluding hydrogens is 242 g/mol. The number of nitrogens with zero attached hydrogens (tertiary/aromatic N) is 1. The van der Waals surface area contributed by atoms with Gasteiger partial charge in [-0.2, -0.15) is 0 Å². The highest BCUT2D eigenvalue weighted by Gasteiger charge is 2.12. The molecule has 0 aliphatic carbocycles. The Labute approximate surface area is 112 Å². The van der Waals surface area contributed by atoms with Crippen LogP contribution in [0.1, 0.15) is 47.2 Å². The fraction of sp³-hybridized carbons (Fsp3) is 0.333. The summed E-state index contributed by atoms with van der Waals surface area (Å²) in [7, 11) is 0. The Morgan fingerprint density at radius 2 is 2.06 bits per heavy atom. The van der Waals surface area contributed by atoms with E-state index < -0.39 is 0 Å². The van der Waals surface area contributed by atoms with Gasteiger partial charge in [0.25, 0.3) is 0 Å². The molecule has 1 atom stereocenters. The highest BCUT2D eigenvalue weighted by molar-refractivity contribution is 7.09. The molecule has 94 valence electrons. The van der Waals surface area contributed by atoms with E-state index in [1.807, 2.05) is 35.7 Å². The topological polar surface area (TPSA) is 30.0 Å². The molecule has 0 aliphatic heterocycles. The number of ketones is 1. The van der Waals surface area contributed by atoms with Crippen molar-refractivity contribution in [1.82, 2.24) is 4.98 Å². The van der Waals surface area contributed by atoms with Crippen molar-refractivity contribution in [1.29, 1.82) is 0 Å². The summed E-state index contributed by atoms with van der Waals surface area (Å²) in [6.07, 6.45) is 1.48. The van der Waals surface area contributed by atoms with Gasteiger partial charge in [-0.1, -0.05) is 44.2 Å². The van der Waals surface area contributed by atoms with Crippen LogP contribution in [0.25, 0.3) is 0 Å². The largest absolute Gasteiger partial charge is 0.294 e. The molecule has 0 amide bonds. The molecule has 1 heterocycles. The molecule has 0 spiro atoms. The predicted molar refractivity (Wildman–Crippen MR) is 75.3 cm³/mol. The fourth-order valence-corrected chi connectivity index (χ4v) is 2.66. The Bertz CT molecular complexity index is 518. The lowest BCUT2D eigenvalue weighted by atomic mass is 10.1. The molecule has 0 bridgehead atoms. The zero-order valence-corrected chi connectivity index (χ0v) is 11.5. The van der Waals surface area contributed by atoms with Gasteiger partial charge in [0.2, 0.25) is 0 Å². The lowest BCUT2D eigenvalue weighted by molar-refractivity contribution is 0.0992. The van der Waals surface area contributed by atoms with Crippen LogP contribution in [0, 0.1) is 0 Å². The quantitative estimate of drug-likeness (QED) is 0.757. The lowest BCUT2D eigenvalue weighted by Gasteiger charge is -2.02. The maximum Gasteiger partial charge on any atom is 0.168 e. The van der Waals surface area contributed by atoms with E-state index in [0.29, 0.717) is 12.3 Å². The van der Waals surface area contributed by atoms with E-state index in [1.165, 1.54) is 0 Å². The number of carbonyl (C=O) groups excluding carboxylic acids is 1. The van der Waals surface area contributed by atoms with Crippen molar-refractivity contribution in [3.8, 4) is 0 Å². The smallest absolute Gasteiger partial charge is 0.168 e. The molecule has 0 radical (unpaired) electrons. The number of aromatic nitrogens is 1. The number of carbonyl (C=O) groups is 1. The van der Waals surface area contributed by atoms with E-state index >= 15 is 0 Å². The van der Waals surface area contributed by atoms with Crippen LogP contribution < -0.4 is 0 Å². The number of Topliss-reactive ketones (excluding diaryl/α,β-unsaturated/α-hetero) is 1. The van der Waals surface area contributed by atoms with Gasteiger partial charge in [-0.25, -0.2) is 4.98 Å². The number of hydrogen-bond acceptors (Lipinski definition) is 3. The number of benzene rings is 1. The molecule has 1 aromatic heterocycles. The first-order valence-electron chi connectivity index (χ1n) is 6.23. The van der Waals surface area contributed by atoms with Crippen LogP contribution >= 0.6 is 11.3 Å². The van der Waals surface area contributed by atoms with E-state index in [0.717, 1.165) is 22.7 Å². The van der Waals surface area contributed by atoms with Crippen LogP contribution in [0.2, 0.25) is 0 Å². The number of thiazole rings is 1. The Hall–Kier alpha value is -1.48. The van der Waals surface area contributed by atoms with Gasteiger partial charge in [-0.05, 0) is 6.42 Å². The first-order chi connectivity index (χ1) is 8.70. The summed E-state index contributed by atoms with van der Waals surface area (Å²) in [5.41, 5.74) is 1.65.